The van der Waals surface area contributed by atoms with Crippen molar-refractivity contribution >= 4 is 106 Å². The Morgan fingerprint density at radius 1 is 0.512 bits per heavy atom. The molecule has 38 nitrogen and oxygen atoms in total. The first-order valence-electron chi connectivity index (χ1n) is 41.3. The number of hydrogen-bond donors (Lipinski definition) is 20. The second-order valence-electron chi connectivity index (χ2n) is 32.6. The molecule has 24 N–H and O–H groups in total. The highest BCUT2D eigenvalue weighted by Gasteiger charge is 2.44. The summed E-state index contributed by atoms with van der Waals surface area (Å²) in [5, 5.41) is 61.8. The molecular weight excluding hydrogens is 1590 g/mol. The van der Waals surface area contributed by atoms with Gasteiger partial charge in [-0.15, -0.1) is 0 Å². The number of aromatic hydroxyl groups is 2. The number of thioether (sulfide) groups is 1. The van der Waals surface area contributed by atoms with E-state index in [1.165, 1.54) is 72.5 Å². The lowest BCUT2D eigenvalue weighted by molar-refractivity contribution is -0.143. The van der Waals surface area contributed by atoms with Crippen molar-refractivity contribution in [3.63, 3.8) is 0 Å². The predicted molar refractivity (Wildman–Crippen MR) is 454 cm³/mol. The average molecular weight is 1720 g/mol. The van der Waals surface area contributed by atoms with Gasteiger partial charge in [-0.25, -0.2) is 4.98 Å². The van der Waals surface area contributed by atoms with Gasteiger partial charge in [0.2, 0.25) is 82.7 Å². The first-order chi connectivity index (χ1) is 57.0. The maximum absolute atomic E-state index is 15.3. The number of nitrogens with two attached hydrogens (primary N) is 4. The van der Waals surface area contributed by atoms with E-state index in [1.54, 1.807) is 73.8 Å². The molecule has 1 saturated heterocycles. The Bertz CT molecular complexity index is 3980. The maximum Gasteiger partial charge on any atom is 0.325 e. The molecule has 1 aliphatic rings. The Morgan fingerprint density at radius 3 is 1.44 bits per heavy atom. The second kappa shape index (κ2) is 50.8. The van der Waals surface area contributed by atoms with Crippen molar-refractivity contribution in [1.29, 1.82) is 0 Å². The van der Waals surface area contributed by atoms with Crippen molar-refractivity contribution in [2.45, 2.75) is 264 Å². The molecule has 121 heavy (non-hydrogen) atoms. The first kappa shape index (κ1) is 102. The van der Waals surface area contributed by atoms with Gasteiger partial charge >= 0.3 is 5.97 Å². The number of carbonyl (C=O) groups is 15. The Hall–Kier alpha value is -11.1. The molecule has 1 fully saturated rings. The van der Waals surface area contributed by atoms with E-state index in [0.29, 0.717) is 35.4 Å². The van der Waals surface area contributed by atoms with Gasteiger partial charge in [0.25, 0.3) is 0 Å². The summed E-state index contributed by atoms with van der Waals surface area (Å²) in [7, 11) is 0. The SMILES string of the molecule is CC[C@H](C)[C@H](NC(=O)[C@H](CCCN=C(N)N)NC(=O)[C@H](Cc1cnc[nH]1)NC(=O)[C@H](CC(C)C)NC(=O)[C@@H](N)Cc1ccc(O)cc1)C(=O)N[C@@H](Cc1ccc(O)cc1)C(=O)N[C@H](C(=O)N1CCC[C@H]1C(=O)N[C@@H](CC(C)C)C(=O)N[C@@H](CCSC)C(=O)N[C@@H](CC(C)C)C(=O)N[C@H](C(=O)N[C@@H](CC(N)=O)C(=O)N[C@@H](C)C(=O)O)C(C)C)[C@@H](C)CC. The zero-order valence-electron chi connectivity index (χ0n) is 71.9. The molecule has 0 unspecified atom stereocenters. The van der Waals surface area contributed by atoms with Crippen LogP contribution in [-0.2, 0) is 91.2 Å². The molecule has 0 saturated carbocycles. The van der Waals surface area contributed by atoms with Gasteiger partial charge in [0.05, 0.1) is 18.8 Å². The molecule has 672 valence electrons. The summed E-state index contributed by atoms with van der Waals surface area (Å²) in [6.07, 6.45) is 4.78. The van der Waals surface area contributed by atoms with Gasteiger partial charge < -0.3 is 112 Å². The van der Waals surface area contributed by atoms with Crippen molar-refractivity contribution in [2.24, 2.45) is 63.4 Å². The van der Waals surface area contributed by atoms with Gasteiger partial charge in [0.1, 0.15) is 90.0 Å². The number of likely N-dealkylation sites (tertiary alicyclic amines) is 1. The second-order valence-corrected chi connectivity index (χ2v) is 33.6. The Kier molecular flexibility index (Phi) is 43.0. The van der Waals surface area contributed by atoms with E-state index in [9.17, 15) is 72.9 Å². The van der Waals surface area contributed by atoms with E-state index >= 15 is 14.4 Å². The van der Waals surface area contributed by atoms with Crippen molar-refractivity contribution in [2.75, 3.05) is 25.1 Å². The van der Waals surface area contributed by atoms with E-state index in [1.807, 2.05) is 27.7 Å². The minimum absolute atomic E-state index is 0.00181. The molecule has 2 heterocycles. The Morgan fingerprint density at radius 2 is 0.934 bits per heavy atom. The molecule has 16 atom stereocenters. The monoisotopic (exact) mass is 1710 g/mol. The number of guanidine groups is 1. The van der Waals surface area contributed by atoms with Gasteiger partial charge in [-0.2, -0.15) is 11.8 Å². The summed E-state index contributed by atoms with van der Waals surface area (Å²) in [6.45, 7) is 22.2. The van der Waals surface area contributed by atoms with E-state index in [2.05, 4.69) is 78.8 Å². The molecule has 39 heteroatoms. The number of carboxylic acid groups (broad SMARTS) is 1. The van der Waals surface area contributed by atoms with Crippen LogP contribution in [0.1, 0.15) is 177 Å². The van der Waals surface area contributed by atoms with Crippen LogP contribution in [0.2, 0.25) is 0 Å². The van der Waals surface area contributed by atoms with Crippen molar-refractivity contribution < 1.29 is 87.2 Å². The lowest BCUT2D eigenvalue weighted by atomic mass is 9.95. The van der Waals surface area contributed by atoms with E-state index in [4.69, 9.17) is 22.9 Å². The summed E-state index contributed by atoms with van der Waals surface area (Å²) >= 11 is 1.36. The number of aromatic amines is 1. The van der Waals surface area contributed by atoms with Gasteiger partial charge in [-0.1, -0.05) is 120 Å². The highest BCUT2D eigenvalue weighted by Crippen LogP contribution is 2.25. The van der Waals surface area contributed by atoms with E-state index in [-0.39, 0.29) is 119 Å². The number of imidazole rings is 1. The number of carbonyl (C=O) groups excluding carboxylic acids is 14. The number of benzene rings is 2. The minimum atomic E-state index is -1.62. The summed E-state index contributed by atoms with van der Waals surface area (Å²) in [4.78, 5) is 224. The van der Waals surface area contributed by atoms with Crippen molar-refractivity contribution in [3.8, 4) is 11.5 Å². The quantitative estimate of drug-likeness (QED) is 0.0195. The normalized spacial score (nSPS) is 16.4. The van der Waals surface area contributed by atoms with Crippen LogP contribution in [0, 0.1) is 35.5 Å². The highest BCUT2D eigenvalue weighted by molar-refractivity contribution is 7.98. The molecule has 0 aliphatic carbocycles. The van der Waals surface area contributed by atoms with Crippen LogP contribution < -0.4 is 86.7 Å². The largest absolute Gasteiger partial charge is 0.508 e. The molecule has 1 aromatic heterocycles. The molecular formula is C82H130N20O18S. The summed E-state index contributed by atoms with van der Waals surface area (Å²) < 4.78 is 0. The van der Waals surface area contributed by atoms with E-state index < -0.39 is 197 Å². The third kappa shape index (κ3) is 34.9. The fourth-order valence-electron chi connectivity index (χ4n) is 13.4. The van der Waals surface area contributed by atoms with Gasteiger partial charge in [-0.3, -0.25) is 76.9 Å². The zero-order chi connectivity index (χ0) is 90.7. The number of H-pyrrole nitrogens is 1. The van der Waals surface area contributed by atoms with Crippen LogP contribution in [0.4, 0.5) is 0 Å². The molecule has 3 aromatic rings. The molecule has 0 bridgehead atoms. The molecule has 0 radical (unpaired) electrons. The number of hydrogen-bond acceptors (Lipinski definition) is 21. The average Bonchev–Trinajstić information content (AvgIpc) is 1.70. The Labute approximate surface area is 711 Å². The van der Waals surface area contributed by atoms with Crippen LogP contribution >= 0.6 is 11.8 Å². The number of phenols is 2. The number of rotatable bonds is 52. The summed E-state index contributed by atoms with van der Waals surface area (Å²) in [6, 6.07) is -7.01. The van der Waals surface area contributed by atoms with Crippen LogP contribution in [0.15, 0.2) is 66.0 Å². The lowest BCUT2D eigenvalue weighted by Gasteiger charge is -2.33. The zero-order valence-corrected chi connectivity index (χ0v) is 72.7. The first-order valence-corrected chi connectivity index (χ1v) is 42.7. The lowest BCUT2D eigenvalue weighted by Crippen LogP contribution is -2.62. The summed E-state index contributed by atoms with van der Waals surface area (Å²) in [5.74, 6) is -15.5. The third-order valence-corrected chi connectivity index (χ3v) is 21.3. The maximum atomic E-state index is 15.3. The van der Waals surface area contributed by atoms with Gasteiger partial charge in [0.15, 0.2) is 5.96 Å². The number of nitrogens with one attached hydrogen (secondary N) is 13. The molecule has 14 amide bonds. The topological polar surface area (TPSA) is 609 Å². The number of aliphatic imine (C=N–C) groups is 1. The number of primary amides is 1. The van der Waals surface area contributed by atoms with E-state index in [0.717, 1.165) is 0 Å². The predicted octanol–water partition coefficient (Wildman–Crippen LogP) is -0.342. The highest BCUT2D eigenvalue weighted by atomic mass is 32.2. The van der Waals surface area contributed by atoms with Crippen LogP contribution in [0.25, 0.3) is 0 Å². The molecule has 0 spiro atoms. The fourth-order valence-corrected chi connectivity index (χ4v) is 13.8. The number of amides is 14. The fraction of sp³-hybridized carbons (Fsp3) is 0.622. The molecule has 4 rings (SSSR count). The molecule has 1 aliphatic heterocycles. The van der Waals surface area contributed by atoms with Crippen LogP contribution in [0.5, 0.6) is 11.5 Å². The number of aromatic nitrogens is 2. The van der Waals surface area contributed by atoms with Crippen LogP contribution in [-0.4, -0.2) is 235 Å². The number of nitrogens with zero attached hydrogens (tertiary/aromatic N) is 3. The number of carboxylic acids is 1. The number of aliphatic carboxylic acids is 1. The number of phenolic OH excluding ortho intramolecular Hbond substituents is 2. The smallest absolute Gasteiger partial charge is 0.325 e. The Balaban J connectivity index is 1.63. The standard InChI is InChI=1S/C82H130N20O18S/c1-15-46(11)66(100-70(108)55(19-17-30-88-82(85)86)91-74(112)61(38-51-40-87-41-89-51)95-73(111)57(33-42(3)4)93-68(106)54(83)36-49-21-25-52(103)26-22-49)79(117)97-60(37-50-23-27-53(104)28-24-50)76(114)101-67(47(12)16-2)80(118)102-31-18-20-63(102)77(115)96-58(34-43(5)6)72(110)92-56(29-32-121-14)69(107)94-59(35-44(7)8)75(113)99-65(45(9)10)78(116)98-62(39-64(84)105)71(109)90-48(13)81(119)120/h21-28,40-48,54-63,65-67,103-104H,15-20,29-39,83H2,1-14H3,(H2,84,105)(H,87,89)(H,90,109)(H,91,112)(H,92,110)(H,93,106)(H,94,107)(H,95,111)(H,96,115)(H,97,117)(H,98,116)(H,99,113)(H,100,108)(H,101,114)(H,119,120)(H4,85,86,88)/t46-,47-,48-,54-,55-,56-,57-,58-,59-,60-,61-,62-,63-,65-,66-,67-/m0/s1. The van der Waals surface area contributed by atoms with Crippen molar-refractivity contribution in [1.82, 2.24) is 78.7 Å². The third-order valence-electron chi connectivity index (χ3n) is 20.6. The molecule has 2 aromatic carbocycles. The minimum Gasteiger partial charge on any atom is -0.508 e. The summed E-state index contributed by atoms with van der Waals surface area (Å²) in [5.41, 5.74) is 24.5. The van der Waals surface area contributed by atoms with Crippen LogP contribution in [0.3, 0.4) is 0 Å². The van der Waals surface area contributed by atoms with Gasteiger partial charge in [0, 0.05) is 37.8 Å². The van der Waals surface area contributed by atoms with Crippen molar-refractivity contribution in [3.05, 3.63) is 77.9 Å². The van der Waals surface area contributed by atoms with Gasteiger partial charge in [-0.05, 0) is 148 Å².